The fourth-order valence-corrected chi connectivity index (χ4v) is 5.34. The van der Waals surface area contributed by atoms with E-state index >= 15 is 0 Å². The Labute approximate surface area is 288 Å². The normalized spacial score (nSPS) is 15.9. The van der Waals surface area contributed by atoms with Crippen LogP contribution in [0.15, 0.2) is 36.4 Å². The van der Waals surface area contributed by atoms with E-state index in [-0.39, 0.29) is 12.8 Å². The molecule has 0 aromatic carbocycles. The van der Waals surface area contributed by atoms with Crippen LogP contribution in [0.1, 0.15) is 21.9 Å². The van der Waals surface area contributed by atoms with Crippen LogP contribution in [-0.4, -0.2) is 111 Å². The number of aliphatic hydroxyl groups excluding tert-OH is 1. The number of halogens is 3. The number of pyridine rings is 3. The standard InChI is InChI=1S/C10H13ClN2O2.C10H11ClN2O2.C10H13ClN2O.CO2/c2*11-8-5-9(7-14)12-10(6-8)13-1-3-15-4-2-13;1-8-6-9(11)7-10(12-8)13-2-4-14-5-3-13;2-1-3/h5-6,14H,1-4,7H2;5-7H,1-4H2;6-7H,2-5H2,1H3;. The lowest BCUT2D eigenvalue weighted by molar-refractivity contribution is -0.191. The van der Waals surface area contributed by atoms with Crippen LogP contribution in [0.4, 0.5) is 17.5 Å². The Morgan fingerprint density at radius 3 is 1.47 bits per heavy atom. The number of ether oxygens (including phenoxy) is 3. The van der Waals surface area contributed by atoms with Gasteiger partial charge in [-0.05, 0) is 43.3 Å². The third kappa shape index (κ3) is 13.3. The van der Waals surface area contributed by atoms with E-state index in [2.05, 4.69) is 29.7 Å². The minimum atomic E-state index is -0.0854. The summed E-state index contributed by atoms with van der Waals surface area (Å²) in [7, 11) is 0. The summed E-state index contributed by atoms with van der Waals surface area (Å²) in [6.07, 6.45) is 0.954. The van der Waals surface area contributed by atoms with E-state index in [1.54, 1.807) is 18.2 Å². The highest BCUT2D eigenvalue weighted by atomic mass is 35.5. The average Bonchev–Trinajstić information content (AvgIpc) is 3.09. The summed E-state index contributed by atoms with van der Waals surface area (Å²) in [6.45, 7) is 11.2. The fourth-order valence-electron chi connectivity index (χ4n) is 4.65. The molecule has 0 atom stereocenters. The van der Waals surface area contributed by atoms with Crippen molar-refractivity contribution >= 4 is 64.7 Å². The number of aldehydes is 1. The molecule has 0 saturated carbocycles. The van der Waals surface area contributed by atoms with E-state index in [1.807, 2.05) is 25.1 Å². The molecular formula is C31H37Cl3N6O7. The molecule has 47 heavy (non-hydrogen) atoms. The van der Waals surface area contributed by atoms with Crippen LogP contribution in [-0.2, 0) is 30.4 Å². The molecule has 0 radical (unpaired) electrons. The van der Waals surface area contributed by atoms with Gasteiger partial charge in [0.2, 0.25) is 0 Å². The summed E-state index contributed by atoms with van der Waals surface area (Å²) >= 11 is 17.8. The topological polar surface area (TPSA) is 148 Å². The van der Waals surface area contributed by atoms with Crippen molar-refractivity contribution in [1.82, 2.24) is 15.0 Å². The van der Waals surface area contributed by atoms with E-state index in [0.717, 1.165) is 80.7 Å². The third-order valence-electron chi connectivity index (χ3n) is 6.82. The zero-order chi connectivity index (χ0) is 34.0. The first-order valence-corrected chi connectivity index (χ1v) is 15.9. The summed E-state index contributed by atoms with van der Waals surface area (Å²) in [6, 6.07) is 10.6. The number of hydrogen-bond acceptors (Lipinski definition) is 13. The fraction of sp³-hybridized carbons (Fsp3) is 0.452. The van der Waals surface area contributed by atoms with Crippen molar-refractivity contribution in [1.29, 1.82) is 0 Å². The summed E-state index contributed by atoms with van der Waals surface area (Å²) < 4.78 is 15.8. The number of aliphatic hydroxyl groups is 1. The molecule has 6 rings (SSSR count). The smallest absolute Gasteiger partial charge is 0.373 e. The molecule has 3 fully saturated rings. The van der Waals surface area contributed by atoms with Gasteiger partial charge in [-0.2, -0.15) is 9.59 Å². The zero-order valence-corrected chi connectivity index (χ0v) is 28.2. The average molecular weight is 712 g/mol. The number of nitrogens with zero attached hydrogens (tertiary/aromatic N) is 6. The lowest BCUT2D eigenvalue weighted by atomic mass is 10.3. The van der Waals surface area contributed by atoms with Gasteiger partial charge in [0.25, 0.3) is 0 Å². The molecule has 3 aromatic heterocycles. The lowest BCUT2D eigenvalue weighted by Crippen LogP contribution is -2.36. The Hall–Kier alpha value is -3.39. The van der Waals surface area contributed by atoms with Crippen molar-refractivity contribution in [3.05, 3.63) is 68.5 Å². The van der Waals surface area contributed by atoms with E-state index in [9.17, 15) is 4.79 Å². The Morgan fingerprint density at radius 1 is 0.681 bits per heavy atom. The molecule has 0 aliphatic carbocycles. The van der Waals surface area contributed by atoms with E-state index in [4.69, 9.17) is 63.7 Å². The van der Waals surface area contributed by atoms with Gasteiger partial charge in [0, 0.05) is 60.0 Å². The Bertz CT molecular complexity index is 1430. The summed E-state index contributed by atoms with van der Waals surface area (Å²) in [5, 5.41) is 10.9. The second kappa shape index (κ2) is 20.8. The molecule has 0 bridgehead atoms. The molecule has 0 spiro atoms. The highest BCUT2D eigenvalue weighted by molar-refractivity contribution is 6.31. The molecule has 3 aliphatic heterocycles. The number of aryl methyl sites for hydroxylation is 1. The molecular weight excluding hydrogens is 675 g/mol. The van der Waals surface area contributed by atoms with Crippen LogP contribution in [0.3, 0.4) is 0 Å². The Morgan fingerprint density at radius 2 is 1.06 bits per heavy atom. The number of rotatable bonds is 5. The molecule has 3 aliphatic rings. The van der Waals surface area contributed by atoms with Crippen molar-refractivity contribution in [3.8, 4) is 0 Å². The van der Waals surface area contributed by atoms with Crippen LogP contribution in [0, 0.1) is 6.92 Å². The van der Waals surface area contributed by atoms with E-state index in [1.165, 1.54) is 0 Å². The first-order chi connectivity index (χ1) is 22.8. The largest absolute Gasteiger partial charge is 0.390 e. The number of anilines is 3. The minimum Gasteiger partial charge on any atom is -0.390 e. The maximum atomic E-state index is 10.6. The van der Waals surface area contributed by atoms with Gasteiger partial charge in [-0.3, -0.25) is 4.79 Å². The van der Waals surface area contributed by atoms with Crippen molar-refractivity contribution in [2.45, 2.75) is 13.5 Å². The van der Waals surface area contributed by atoms with Gasteiger partial charge in [0.15, 0.2) is 6.29 Å². The molecule has 16 heteroatoms. The number of carbonyl (C=O) groups excluding carboxylic acids is 3. The SMILES string of the molecule is Cc1cc(Cl)cc(N2CCOCC2)n1.O=C=O.O=Cc1cc(Cl)cc(N2CCOCC2)n1.OCc1cc(Cl)cc(N2CCOCC2)n1. The van der Waals surface area contributed by atoms with Crippen molar-refractivity contribution < 1.29 is 33.7 Å². The second-order valence-electron chi connectivity index (χ2n) is 10.1. The van der Waals surface area contributed by atoms with Gasteiger partial charge in [-0.1, -0.05) is 34.8 Å². The molecule has 1 N–H and O–H groups in total. The van der Waals surface area contributed by atoms with Gasteiger partial charge in [-0.25, -0.2) is 15.0 Å². The predicted molar refractivity (Wildman–Crippen MR) is 178 cm³/mol. The maximum absolute atomic E-state index is 10.6. The summed E-state index contributed by atoms with van der Waals surface area (Å²) in [4.78, 5) is 46.2. The quantitative estimate of drug-likeness (QED) is 0.384. The predicted octanol–water partition coefficient (Wildman–Crippen LogP) is 3.74. The van der Waals surface area contributed by atoms with Crippen LogP contribution in [0.2, 0.25) is 15.1 Å². The van der Waals surface area contributed by atoms with Gasteiger partial charge >= 0.3 is 6.15 Å². The lowest BCUT2D eigenvalue weighted by Gasteiger charge is -2.28. The number of aromatic nitrogens is 3. The van der Waals surface area contributed by atoms with Gasteiger partial charge in [-0.15, -0.1) is 0 Å². The van der Waals surface area contributed by atoms with Crippen molar-refractivity contribution in [2.24, 2.45) is 0 Å². The highest BCUT2D eigenvalue weighted by Crippen LogP contribution is 2.21. The first-order valence-electron chi connectivity index (χ1n) is 14.8. The van der Waals surface area contributed by atoms with E-state index in [0.29, 0.717) is 54.1 Å². The highest BCUT2D eigenvalue weighted by Gasteiger charge is 2.15. The molecule has 13 nitrogen and oxygen atoms in total. The van der Waals surface area contributed by atoms with Crippen molar-refractivity contribution in [2.75, 3.05) is 93.6 Å². The maximum Gasteiger partial charge on any atom is 0.373 e. The number of carbonyl (C=O) groups is 1. The zero-order valence-electron chi connectivity index (χ0n) is 25.9. The van der Waals surface area contributed by atoms with Crippen molar-refractivity contribution in [3.63, 3.8) is 0 Å². The van der Waals surface area contributed by atoms with Crippen LogP contribution in [0.25, 0.3) is 0 Å². The van der Waals surface area contributed by atoms with E-state index < -0.39 is 0 Å². The van der Waals surface area contributed by atoms with Gasteiger partial charge < -0.3 is 34.0 Å². The minimum absolute atomic E-state index is 0.0854. The summed E-state index contributed by atoms with van der Waals surface area (Å²) in [5.74, 6) is 2.51. The summed E-state index contributed by atoms with van der Waals surface area (Å²) in [5.41, 5.74) is 1.92. The van der Waals surface area contributed by atoms with Crippen LogP contribution in [0.5, 0.6) is 0 Å². The number of hydrogen-bond donors (Lipinski definition) is 1. The third-order valence-corrected chi connectivity index (χ3v) is 7.47. The Balaban J connectivity index is 0.000000184. The Kier molecular flexibility index (Phi) is 16.8. The second-order valence-corrected chi connectivity index (χ2v) is 11.5. The molecule has 6 heterocycles. The number of morpholine rings is 3. The van der Waals surface area contributed by atoms with Gasteiger partial charge in [0.1, 0.15) is 23.1 Å². The molecule has 0 unspecified atom stereocenters. The van der Waals surface area contributed by atoms with Crippen LogP contribution >= 0.6 is 34.8 Å². The molecule has 3 saturated heterocycles. The van der Waals surface area contributed by atoms with Crippen LogP contribution < -0.4 is 14.7 Å². The molecule has 3 aromatic rings. The molecule has 0 amide bonds. The van der Waals surface area contributed by atoms with Gasteiger partial charge in [0.05, 0.1) is 51.9 Å². The molecule has 254 valence electrons. The first kappa shape index (κ1) is 38.1. The monoisotopic (exact) mass is 710 g/mol.